The van der Waals surface area contributed by atoms with Crippen LogP contribution in [0.2, 0.25) is 0 Å². The summed E-state index contributed by atoms with van der Waals surface area (Å²) in [5, 5.41) is 2.95. The second-order valence-electron chi connectivity index (χ2n) is 5.07. The maximum Gasteiger partial charge on any atom is 0.261 e. The highest BCUT2D eigenvalue weighted by Crippen LogP contribution is 2.12. The lowest BCUT2D eigenvalue weighted by Gasteiger charge is -2.26. The Bertz CT molecular complexity index is 419. The van der Waals surface area contributed by atoms with E-state index in [1.807, 2.05) is 37.3 Å². The minimum absolute atomic E-state index is 0.0467. The summed E-state index contributed by atoms with van der Waals surface area (Å²) in [6.45, 7) is 6.89. The van der Waals surface area contributed by atoms with Crippen molar-refractivity contribution in [3.63, 3.8) is 0 Å². The normalized spacial score (nSPS) is 17.2. The van der Waals surface area contributed by atoms with Gasteiger partial charge >= 0.3 is 0 Å². The van der Waals surface area contributed by atoms with Gasteiger partial charge in [0.05, 0.1) is 13.2 Å². The molecule has 0 bridgehead atoms. The third kappa shape index (κ3) is 5.36. The van der Waals surface area contributed by atoms with Gasteiger partial charge in [0, 0.05) is 26.2 Å². The maximum absolute atomic E-state index is 12.1. The van der Waals surface area contributed by atoms with E-state index in [0.29, 0.717) is 13.0 Å². The van der Waals surface area contributed by atoms with Gasteiger partial charge in [-0.15, -0.1) is 0 Å². The molecule has 116 valence electrons. The van der Waals surface area contributed by atoms with Gasteiger partial charge < -0.3 is 14.8 Å². The Labute approximate surface area is 126 Å². The van der Waals surface area contributed by atoms with Crippen LogP contribution in [0.1, 0.15) is 13.3 Å². The zero-order valence-electron chi connectivity index (χ0n) is 12.6. The minimum Gasteiger partial charge on any atom is -0.481 e. The van der Waals surface area contributed by atoms with Gasteiger partial charge in [-0.05, 0) is 18.6 Å². The predicted molar refractivity (Wildman–Crippen MR) is 81.4 cm³/mol. The number of nitrogens with one attached hydrogen (secondary N) is 1. The Morgan fingerprint density at radius 3 is 2.71 bits per heavy atom. The van der Waals surface area contributed by atoms with Crippen molar-refractivity contribution < 1.29 is 14.3 Å². The van der Waals surface area contributed by atoms with Crippen molar-refractivity contribution in [1.82, 2.24) is 10.2 Å². The van der Waals surface area contributed by atoms with E-state index in [0.717, 1.165) is 38.6 Å². The van der Waals surface area contributed by atoms with Gasteiger partial charge in [-0.2, -0.15) is 0 Å². The summed E-state index contributed by atoms with van der Waals surface area (Å²) >= 11 is 0. The number of morpholine rings is 1. The molecular weight excluding hydrogens is 268 g/mol. The van der Waals surface area contributed by atoms with Gasteiger partial charge in [0.1, 0.15) is 5.75 Å². The van der Waals surface area contributed by atoms with Crippen LogP contribution in [0.4, 0.5) is 0 Å². The highest BCUT2D eigenvalue weighted by molar-refractivity contribution is 5.81. The number of para-hydroxylation sites is 1. The number of rotatable bonds is 7. The first kappa shape index (κ1) is 15.8. The number of carbonyl (C=O) groups is 1. The van der Waals surface area contributed by atoms with E-state index in [1.54, 1.807) is 0 Å². The van der Waals surface area contributed by atoms with Gasteiger partial charge in [-0.1, -0.05) is 25.1 Å². The molecule has 1 fully saturated rings. The van der Waals surface area contributed by atoms with Crippen LogP contribution in [0.5, 0.6) is 5.75 Å². The highest BCUT2D eigenvalue weighted by Gasteiger charge is 2.18. The molecule has 0 spiro atoms. The molecule has 1 aliphatic heterocycles. The van der Waals surface area contributed by atoms with Crippen LogP contribution in [0.25, 0.3) is 0 Å². The summed E-state index contributed by atoms with van der Waals surface area (Å²) in [6, 6.07) is 9.46. The first-order valence-corrected chi connectivity index (χ1v) is 7.59. The maximum atomic E-state index is 12.1. The van der Waals surface area contributed by atoms with Crippen LogP contribution in [-0.4, -0.2) is 56.3 Å². The molecule has 1 N–H and O–H groups in total. The number of hydrogen-bond acceptors (Lipinski definition) is 4. The number of carbonyl (C=O) groups excluding carboxylic acids is 1. The molecule has 0 radical (unpaired) electrons. The fraction of sp³-hybridized carbons (Fsp3) is 0.562. The largest absolute Gasteiger partial charge is 0.481 e. The summed E-state index contributed by atoms with van der Waals surface area (Å²) in [5.41, 5.74) is 0. The number of hydrogen-bond donors (Lipinski definition) is 1. The SMILES string of the molecule is CC[C@@H](Oc1ccccc1)C(=O)NCCN1CCOCC1. The highest BCUT2D eigenvalue weighted by atomic mass is 16.5. The molecular formula is C16H24N2O3. The molecule has 1 aromatic carbocycles. The van der Waals surface area contributed by atoms with Crippen LogP contribution < -0.4 is 10.1 Å². The molecule has 0 saturated carbocycles. The Morgan fingerprint density at radius 1 is 1.33 bits per heavy atom. The summed E-state index contributed by atoms with van der Waals surface area (Å²) in [7, 11) is 0. The second-order valence-corrected chi connectivity index (χ2v) is 5.07. The lowest BCUT2D eigenvalue weighted by molar-refractivity contribution is -0.128. The molecule has 21 heavy (non-hydrogen) atoms. The molecule has 2 rings (SSSR count). The van der Waals surface area contributed by atoms with E-state index >= 15 is 0 Å². The Balaban J connectivity index is 1.72. The number of amides is 1. The molecule has 0 unspecified atom stereocenters. The fourth-order valence-corrected chi connectivity index (χ4v) is 2.26. The molecule has 5 heteroatoms. The third-order valence-electron chi connectivity index (χ3n) is 3.52. The van der Waals surface area contributed by atoms with E-state index in [-0.39, 0.29) is 5.91 Å². The summed E-state index contributed by atoms with van der Waals surface area (Å²) in [5.74, 6) is 0.683. The van der Waals surface area contributed by atoms with Crippen molar-refractivity contribution in [3.8, 4) is 5.75 Å². The monoisotopic (exact) mass is 292 g/mol. The van der Waals surface area contributed by atoms with Crippen molar-refractivity contribution in [2.24, 2.45) is 0 Å². The average Bonchev–Trinajstić information content (AvgIpc) is 2.54. The van der Waals surface area contributed by atoms with Gasteiger partial charge in [-0.3, -0.25) is 9.69 Å². The van der Waals surface area contributed by atoms with E-state index in [9.17, 15) is 4.79 Å². The number of nitrogens with zero attached hydrogens (tertiary/aromatic N) is 1. The molecule has 1 atom stereocenters. The molecule has 1 amide bonds. The van der Waals surface area contributed by atoms with Crippen LogP contribution >= 0.6 is 0 Å². The van der Waals surface area contributed by atoms with Crippen LogP contribution in [0.3, 0.4) is 0 Å². The van der Waals surface area contributed by atoms with Gasteiger partial charge in [0.15, 0.2) is 6.10 Å². The van der Waals surface area contributed by atoms with Crippen molar-refractivity contribution >= 4 is 5.91 Å². The zero-order chi connectivity index (χ0) is 14.9. The van der Waals surface area contributed by atoms with Crippen molar-refractivity contribution in [3.05, 3.63) is 30.3 Å². The van der Waals surface area contributed by atoms with Gasteiger partial charge in [0.25, 0.3) is 5.91 Å². The van der Waals surface area contributed by atoms with Crippen molar-refractivity contribution in [2.45, 2.75) is 19.4 Å². The number of benzene rings is 1. The molecule has 1 heterocycles. The quantitative estimate of drug-likeness (QED) is 0.823. The average molecular weight is 292 g/mol. The Hall–Kier alpha value is -1.59. The molecule has 1 aliphatic rings. The summed E-state index contributed by atoms with van der Waals surface area (Å²) in [6.07, 6.45) is 0.218. The van der Waals surface area contributed by atoms with E-state index in [1.165, 1.54) is 0 Å². The van der Waals surface area contributed by atoms with E-state index < -0.39 is 6.10 Å². The molecule has 1 saturated heterocycles. The second kappa shape index (κ2) is 8.64. The summed E-state index contributed by atoms with van der Waals surface area (Å²) < 4.78 is 11.0. The molecule has 5 nitrogen and oxygen atoms in total. The van der Waals surface area contributed by atoms with Crippen molar-refractivity contribution in [2.75, 3.05) is 39.4 Å². The fourth-order valence-electron chi connectivity index (χ4n) is 2.26. The molecule has 0 aromatic heterocycles. The Morgan fingerprint density at radius 2 is 2.05 bits per heavy atom. The van der Waals surface area contributed by atoms with Crippen molar-refractivity contribution in [1.29, 1.82) is 0 Å². The standard InChI is InChI=1S/C16H24N2O3/c1-2-15(21-14-6-4-3-5-7-14)16(19)17-8-9-18-10-12-20-13-11-18/h3-7,15H,2,8-13H2,1H3,(H,17,19)/t15-/m1/s1. The van der Waals surface area contributed by atoms with Gasteiger partial charge in [-0.25, -0.2) is 0 Å². The first-order chi connectivity index (χ1) is 10.3. The minimum atomic E-state index is -0.433. The third-order valence-corrected chi connectivity index (χ3v) is 3.52. The lowest BCUT2D eigenvalue weighted by atomic mass is 10.2. The predicted octanol–water partition coefficient (Wildman–Crippen LogP) is 1.29. The van der Waals surface area contributed by atoms with Crippen LogP contribution in [0.15, 0.2) is 30.3 Å². The smallest absolute Gasteiger partial charge is 0.261 e. The lowest BCUT2D eigenvalue weighted by Crippen LogP contribution is -2.44. The van der Waals surface area contributed by atoms with Crippen LogP contribution in [0, 0.1) is 0 Å². The Kier molecular flexibility index (Phi) is 6.50. The van der Waals surface area contributed by atoms with Crippen LogP contribution in [-0.2, 0) is 9.53 Å². The molecule has 0 aliphatic carbocycles. The van der Waals surface area contributed by atoms with E-state index in [4.69, 9.17) is 9.47 Å². The zero-order valence-corrected chi connectivity index (χ0v) is 12.6. The topological polar surface area (TPSA) is 50.8 Å². The molecule has 1 aromatic rings. The number of ether oxygens (including phenoxy) is 2. The summed E-state index contributed by atoms with van der Waals surface area (Å²) in [4.78, 5) is 14.4. The van der Waals surface area contributed by atoms with Gasteiger partial charge in [0.2, 0.25) is 0 Å². The van der Waals surface area contributed by atoms with E-state index in [2.05, 4.69) is 10.2 Å². The first-order valence-electron chi connectivity index (χ1n) is 7.59.